The van der Waals surface area contributed by atoms with Crippen LogP contribution in [0, 0.1) is 11.7 Å². The van der Waals surface area contributed by atoms with Crippen molar-refractivity contribution in [3.8, 4) is 0 Å². The fourth-order valence-corrected chi connectivity index (χ4v) is 2.85. The molecule has 1 aromatic heterocycles. The first-order chi connectivity index (χ1) is 10.8. The van der Waals surface area contributed by atoms with Crippen molar-refractivity contribution in [1.82, 2.24) is 9.97 Å². The van der Waals surface area contributed by atoms with Crippen LogP contribution in [0.3, 0.4) is 0 Å². The highest BCUT2D eigenvalue weighted by Crippen LogP contribution is 2.32. The number of nitrogens with one attached hydrogen (secondary N) is 1. The van der Waals surface area contributed by atoms with E-state index in [4.69, 9.17) is 4.74 Å². The van der Waals surface area contributed by atoms with E-state index in [1.807, 2.05) is 25.1 Å². The maximum atomic E-state index is 14.4. The van der Waals surface area contributed by atoms with Crippen molar-refractivity contribution in [1.29, 1.82) is 0 Å². The Balaban J connectivity index is 1.90. The van der Waals surface area contributed by atoms with Crippen LogP contribution in [0.2, 0.25) is 0 Å². The topological polar surface area (TPSA) is 47.0 Å². The average molecular weight is 301 g/mol. The van der Waals surface area contributed by atoms with Gasteiger partial charge in [-0.3, -0.25) is 0 Å². The monoisotopic (exact) mass is 301 g/mol. The SMILES string of the molecule is CCc1ncnc(NC(c2ccccc2)C2CCOC2)c1F. The molecule has 1 N–H and O–H groups in total. The molecular formula is C17H20FN3O. The summed E-state index contributed by atoms with van der Waals surface area (Å²) in [5, 5.41) is 3.27. The summed E-state index contributed by atoms with van der Waals surface area (Å²) in [6, 6.07) is 10.1. The Morgan fingerprint density at radius 1 is 1.32 bits per heavy atom. The second kappa shape index (κ2) is 6.83. The predicted octanol–water partition coefficient (Wildman–Crippen LogP) is 3.37. The van der Waals surface area contributed by atoms with Crippen molar-refractivity contribution in [3.05, 3.63) is 53.7 Å². The van der Waals surface area contributed by atoms with E-state index < -0.39 is 0 Å². The van der Waals surface area contributed by atoms with Gasteiger partial charge in [0.1, 0.15) is 6.33 Å². The molecule has 2 heterocycles. The molecule has 2 unspecified atom stereocenters. The van der Waals surface area contributed by atoms with E-state index in [1.54, 1.807) is 0 Å². The highest BCUT2D eigenvalue weighted by Gasteiger charge is 2.28. The van der Waals surface area contributed by atoms with Gasteiger partial charge in [0.15, 0.2) is 11.6 Å². The van der Waals surface area contributed by atoms with Gasteiger partial charge in [-0.05, 0) is 18.4 Å². The van der Waals surface area contributed by atoms with Crippen LogP contribution in [0.1, 0.15) is 30.6 Å². The number of hydrogen-bond acceptors (Lipinski definition) is 4. The molecule has 0 saturated carbocycles. The average Bonchev–Trinajstić information content (AvgIpc) is 3.09. The standard InChI is InChI=1S/C17H20FN3O/c1-2-14-15(18)17(20-11-19-14)21-16(13-8-9-22-10-13)12-6-4-3-5-7-12/h3-7,11,13,16H,2,8-10H2,1H3,(H,19,20,21). The Hall–Kier alpha value is -2.01. The number of anilines is 1. The Kier molecular flexibility index (Phi) is 4.63. The maximum Gasteiger partial charge on any atom is 0.186 e. The van der Waals surface area contributed by atoms with Crippen LogP contribution in [-0.2, 0) is 11.2 Å². The number of aryl methyl sites for hydroxylation is 1. The first kappa shape index (κ1) is 14.9. The first-order valence-corrected chi connectivity index (χ1v) is 7.68. The molecule has 4 nitrogen and oxygen atoms in total. The lowest BCUT2D eigenvalue weighted by Crippen LogP contribution is -2.23. The predicted molar refractivity (Wildman–Crippen MR) is 83.1 cm³/mol. The van der Waals surface area contributed by atoms with Crippen LogP contribution in [0.5, 0.6) is 0 Å². The molecular weight excluding hydrogens is 281 g/mol. The molecule has 1 aliphatic rings. The third kappa shape index (κ3) is 3.09. The number of benzene rings is 1. The first-order valence-electron chi connectivity index (χ1n) is 7.68. The van der Waals surface area contributed by atoms with E-state index in [-0.39, 0.29) is 17.7 Å². The van der Waals surface area contributed by atoms with E-state index in [0.717, 1.165) is 18.6 Å². The van der Waals surface area contributed by atoms with Gasteiger partial charge in [0.2, 0.25) is 0 Å². The van der Waals surface area contributed by atoms with E-state index in [9.17, 15) is 4.39 Å². The third-order valence-electron chi connectivity index (χ3n) is 4.08. The second-order valence-electron chi connectivity index (χ2n) is 5.49. The van der Waals surface area contributed by atoms with Gasteiger partial charge in [0.05, 0.1) is 18.3 Å². The Morgan fingerprint density at radius 3 is 2.82 bits per heavy atom. The summed E-state index contributed by atoms with van der Waals surface area (Å²) in [5.74, 6) is 0.222. The maximum absolute atomic E-state index is 14.4. The van der Waals surface area contributed by atoms with Crippen molar-refractivity contribution in [2.24, 2.45) is 5.92 Å². The minimum atomic E-state index is -0.357. The molecule has 0 amide bonds. The molecule has 0 radical (unpaired) electrons. The lowest BCUT2D eigenvalue weighted by atomic mass is 9.92. The summed E-state index contributed by atoms with van der Waals surface area (Å²) in [6.45, 7) is 3.32. The van der Waals surface area contributed by atoms with Crippen molar-refractivity contribution in [3.63, 3.8) is 0 Å². The lowest BCUT2D eigenvalue weighted by Gasteiger charge is -2.25. The molecule has 2 aromatic rings. The zero-order valence-electron chi connectivity index (χ0n) is 12.6. The molecule has 2 atom stereocenters. The largest absolute Gasteiger partial charge is 0.381 e. The smallest absolute Gasteiger partial charge is 0.186 e. The quantitative estimate of drug-likeness (QED) is 0.920. The van der Waals surface area contributed by atoms with Gasteiger partial charge >= 0.3 is 0 Å². The van der Waals surface area contributed by atoms with E-state index in [0.29, 0.717) is 24.6 Å². The normalized spacial score (nSPS) is 19.1. The van der Waals surface area contributed by atoms with E-state index >= 15 is 0 Å². The van der Waals surface area contributed by atoms with E-state index in [1.165, 1.54) is 6.33 Å². The van der Waals surface area contributed by atoms with Gasteiger partial charge < -0.3 is 10.1 Å². The molecule has 0 bridgehead atoms. The highest BCUT2D eigenvalue weighted by molar-refractivity contribution is 5.41. The van der Waals surface area contributed by atoms with Gasteiger partial charge in [-0.25, -0.2) is 14.4 Å². The van der Waals surface area contributed by atoms with Gasteiger partial charge in [-0.15, -0.1) is 0 Å². The van der Waals surface area contributed by atoms with Crippen LogP contribution in [0.15, 0.2) is 36.7 Å². The Labute approximate surface area is 129 Å². The van der Waals surface area contributed by atoms with E-state index in [2.05, 4.69) is 27.4 Å². The molecule has 1 saturated heterocycles. The fourth-order valence-electron chi connectivity index (χ4n) is 2.85. The van der Waals surface area contributed by atoms with Crippen LogP contribution >= 0.6 is 0 Å². The molecule has 0 aliphatic carbocycles. The lowest BCUT2D eigenvalue weighted by molar-refractivity contribution is 0.182. The number of nitrogens with zero attached hydrogens (tertiary/aromatic N) is 2. The minimum Gasteiger partial charge on any atom is -0.381 e. The van der Waals surface area contributed by atoms with Gasteiger partial charge in [0.25, 0.3) is 0 Å². The molecule has 3 rings (SSSR count). The molecule has 1 aliphatic heterocycles. The van der Waals surface area contributed by atoms with Crippen LogP contribution in [0.4, 0.5) is 10.2 Å². The fraction of sp³-hybridized carbons (Fsp3) is 0.412. The summed E-state index contributed by atoms with van der Waals surface area (Å²) < 4.78 is 19.9. The van der Waals surface area contributed by atoms with Gasteiger partial charge in [0, 0.05) is 12.5 Å². The second-order valence-corrected chi connectivity index (χ2v) is 5.49. The molecule has 116 valence electrons. The van der Waals surface area contributed by atoms with Crippen molar-refractivity contribution in [2.75, 3.05) is 18.5 Å². The minimum absolute atomic E-state index is 0.0159. The highest BCUT2D eigenvalue weighted by atomic mass is 19.1. The van der Waals surface area contributed by atoms with Crippen LogP contribution in [0.25, 0.3) is 0 Å². The third-order valence-corrected chi connectivity index (χ3v) is 4.08. The molecule has 22 heavy (non-hydrogen) atoms. The van der Waals surface area contributed by atoms with Crippen molar-refractivity contribution in [2.45, 2.75) is 25.8 Å². The molecule has 1 fully saturated rings. The summed E-state index contributed by atoms with van der Waals surface area (Å²) in [4.78, 5) is 8.07. The van der Waals surface area contributed by atoms with Crippen molar-refractivity contribution >= 4 is 5.82 Å². The van der Waals surface area contributed by atoms with Crippen LogP contribution in [-0.4, -0.2) is 23.2 Å². The summed E-state index contributed by atoms with van der Waals surface area (Å²) in [5.41, 5.74) is 1.56. The zero-order valence-corrected chi connectivity index (χ0v) is 12.6. The number of aromatic nitrogens is 2. The number of rotatable bonds is 5. The summed E-state index contributed by atoms with van der Waals surface area (Å²) >= 11 is 0. The summed E-state index contributed by atoms with van der Waals surface area (Å²) in [6.07, 6.45) is 2.92. The molecule has 1 aromatic carbocycles. The van der Waals surface area contributed by atoms with Crippen molar-refractivity contribution < 1.29 is 9.13 Å². The van der Waals surface area contributed by atoms with Gasteiger partial charge in [-0.2, -0.15) is 0 Å². The molecule has 5 heteroatoms. The Morgan fingerprint density at radius 2 is 2.14 bits per heavy atom. The molecule has 0 spiro atoms. The van der Waals surface area contributed by atoms with Crippen LogP contribution < -0.4 is 5.32 Å². The zero-order chi connectivity index (χ0) is 15.4. The number of ether oxygens (including phenoxy) is 1. The van der Waals surface area contributed by atoms with Gasteiger partial charge in [-0.1, -0.05) is 37.3 Å². The summed E-state index contributed by atoms with van der Waals surface area (Å²) in [7, 11) is 0. The number of halogens is 1. The Bertz CT molecular complexity index is 615. The number of hydrogen-bond donors (Lipinski definition) is 1.